The molecule has 0 spiro atoms. The topological polar surface area (TPSA) is 36.3 Å². The third kappa shape index (κ3) is 2.75. The largest absolute Gasteiger partial charge is 0.487 e. The fraction of sp³-hybridized carbons (Fsp3) is 0.500. The molecule has 0 aliphatic carbocycles. The predicted molar refractivity (Wildman–Crippen MR) is 76.2 cm³/mol. The molecule has 1 saturated heterocycles. The van der Waals surface area contributed by atoms with Gasteiger partial charge in [-0.3, -0.25) is 0 Å². The van der Waals surface area contributed by atoms with E-state index in [0.29, 0.717) is 6.54 Å². The van der Waals surface area contributed by atoms with Crippen LogP contribution in [0.15, 0.2) is 18.4 Å². The Labute approximate surface area is 115 Å². The van der Waals surface area contributed by atoms with Gasteiger partial charge in [-0.25, -0.2) is 4.98 Å². The van der Waals surface area contributed by atoms with Crippen LogP contribution in [0.5, 0.6) is 0 Å². The van der Waals surface area contributed by atoms with Crippen molar-refractivity contribution in [3.8, 4) is 12.3 Å². The Morgan fingerprint density at radius 2 is 2.00 bits per heavy atom. The number of aromatic nitrogens is 2. The lowest BCUT2D eigenvalue weighted by atomic mass is 9.90. The first kappa shape index (κ1) is 13.9. The molecule has 2 heterocycles. The van der Waals surface area contributed by atoms with Gasteiger partial charge in [-0.1, -0.05) is 11.9 Å². The zero-order chi connectivity index (χ0) is 14.1. The Kier molecular flexibility index (Phi) is 3.57. The molecule has 5 heteroatoms. The summed E-state index contributed by atoms with van der Waals surface area (Å²) in [6.07, 6.45) is 10.8. The average Bonchev–Trinajstić information content (AvgIpc) is 2.80. The van der Waals surface area contributed by atoms with Crippen molar-refractivity contribution in [3.63, 3.8) is 0 Å². The summed E-state index contributed by atoms with van der Waals surface area (Å²) >= 11 is 0. The van der Waals surface area contributed by atoms with Crippen molar-refractivity contribution < 1.29 is 9.31 Å². The lowest BCUT2D eigenvalue weighted by Gasteiger charge is -2.32. The lowest BCUT2D eigenvalue weighted by Crippen LogP contribution is -2.41. The van der Waals surface area contributed by atoms with E-state index in [1.807, 2.05) is 50.5 Å². The van der Waals surface area contributed by atoms with E-state index in [9.17, 15) is 0 Å². The number of terminal acetylenes is 1. The van der Waals surface area contributed by atoms with Gasteiger partial charge in [-0.15, -0.1) is 6.42 Å². The molecule has 1 fully saturated rings. The molecule has 2 rings (SSSR count). The number of imidazole rings is 1. The lowest BCUT2D eigenvalue weighted by molar-refractivity contribution is 0.00578. The highest BCUT2D eigenvalue weighted by Crippen LogP contribution is 2.36. The van der Waals surface area contributed by atoms with E-state index in [-0.39, 0.29) is 18.3 Å². The van der Waals surface area contributed by atoms with Gasteiger partial charge in [0.2, 0.25) is 0 Å². The predicted octanol–water partition coefficient (Wildman–Crippen LogP) is 2.16. The zero-order valence-corrected chi connectivity index (χ0v) is 11.9. The summed E-state index contributed by atoms with van der Waals surface area (Å²) in [5, 5.41) is 0. The molecule has 100 valence electrons. The third-order valence-electron chi connectivity index (χ3n) is 3.68. The Bertz CT molecular complexity index is 510. The highest BCUT2D eigenvalue weighted by Gasteiger charge is 2.50. The van der Waals surface area contributed by atoms with Gasteiger partial charge in [0.05, 0.1) is 17.7 Å². The summed E-state index contributed by atoms with van der Waals surface area (Å²) < 4.78 is 13.6. The van der Waals surface area contributed by atoms with Crippen molar-refractivity contribution >= 4 is 13.2 Å². The second kappa shape index (κ2) is 4.88. The van der Waals surface area contributed by atoms with Crippen molar-refractivity contribution in [3.05, 3.63) is 24.2 Å². The molecule has 0 unspecified atom stereocenters. The summed E-state index contributed by atoms with van der Waals surface area (Å²) in [4.78, 5) is 4.24. The summed E-state index contributed by atoms with van der Waals surface area (Å²) in [7, 11) is -0.360. The molecule has 0 aromatic carbocycles. The first-order valence-corrected chi connectivity index (χ1v) is 6.34. The normalized spacial score (nSPS) is 20.9. The Morgan fingerprint density at radius 3 is 2.58 bits per heavy atom. The number of hydrogen-bond donors (Lipinski definition) is 0. The molecule has 0 amide bonds. The molecule has 0 saturated carbocycles. The molecule has 0 radical (unpaired) electrons. The smallest absolute Gasteiger partial charge is 0.400 e. The Balaban J connectivity index is 2.09. The quantitative estimate of drug-likeness (QED) is 0.615. The number of rotatable bonds is 3. The highest BCUT2D eigenvalue weighted by atomic mass is 16.7. The van der Waals surface area contributed by atoms with E-state index < -0.39 is 0 Å². The van der Waals surface area contributed by atoms with Crippen LogP contribution in [0.25, 0.3) is 6.08 Å². The number of hydrogen-bond acceptors (Lipinski definition) is 3. The molecular formula is C14H19BN2O2. The molecule has 19 heavy (non-hydrogen) atoms. The maximum absolute atomic E-state index is 5.88. The van der Waals surface area contributed by atoms with Crippen LogP contribution in [0.3, 0.4) is 0 Å². The van der Waals surface area contributed by atoms with Crippen LogP contribution in [0.1, 0.15) is 33.5 Å². The van der Waals surface area contributed by atoms with E-state index in [4.69, 9.17) is 15.7 Å². The maximum atomic E-state index is 5.88. The van der Waals surface area contributed by atoms with Crippen LogP contribution in [-0.4, -0.2) is 27.9 Å². The van der Waals surface area contributed by atoms with Crippen molar-refractivity contribution in [2.24, 2.45) is 0 Å². The van der Waals surface area contributed by atoms with Gasteiger partial charge in [-0.05, 0) is 33.8 Å². The maximum Gasteiger partial charge on any atom is 0.487 e. The molecule has 1 aliphatic heterocycles. The Morgan fingerprint density at radius 1 is 1.37 bits per heavy atom. The van der Waals surface area contributed by atoms with Crippen LogP contribution in [0.4, 0.5) is 0 Å². The van der Waals surface area contributed by atoms with Gasteiger partial charge in [0, 0.05) is 12.4 Å². The van der Waals surface area contributed by atoms with Crippen LogP contribution < -0.4 is 0 Å². The van der Waals surface area contributed by atoms with E-state index in [2.05, 4.69) is 10.9 Å². The van der Waals surface area contributed by atoms with Crippen LogP contribution >= 0.6 is 0 Å². The molecule has 0 bridgehead atoms. The van der Waals surface area contributed by atoms with Crippen molar-refractivity contribution in [2.45, 2.75) is 45.4 Å². The van der Waals surface area contributed by atoms with Gasteiger partial charge < -0.3 is 13.9 Å². The van der Waals surface area contributed by atoms with Gasteiger partial charge >= 0.3 is 7.12 Å². The first-order valence-electron chi connectivity index (χ1n) is 6.34. The summed E-state index contributed by atoms with van der Waals surface area (Å²) in [5.74, 6) is 5.26. The summed E-state index contributed by atoms with van der Waals surface area (Å²) in [6, 6.07) is 0. The molecule has 1 aromatic rings. The third-order valence-corrected chi connectivity index (χ3v) is 3.68. The average molecular weight is 258 g/mol. The monoisotopic (exact) mass is 258 g/mol. The Hall–Kier alpha value is -1.51. The zero-order valence-electron chi connectivity index (χ0n) is 11.9. The summed E-state index contributed by atoms with van der Waals surface area (Å²) in [5.41, 5.74) is -0.646. The minimum Gasteiger partial charge on any atom is -0.400 e. The molecule has 0 N–H and O–H groups in total. The minimum atomic E-state index is -0.360. The van der Waals surface area contributed by atoms with Crippen LogP contribution in [0.2, 0.25) is 0 Å². The van der Waals surface area contributed by atoms with Crippen LogP contribution in [-0.2, 0) is 15.9 Å². The van der Waals surface area contributed by atoms with Gasteiger partial charge in [-0.2, -0.15) is 0 Å². The molecular weight excluding hydrogens is 239 g/mol. The van der Waals surface area contributed by atoms with E-state index in [1.165, 1.54) is 0 Å². The minimum absolute atomic E-state index is 0.323. The molecule has 0 atom stereocenters. The standard InChI is InChI=1S/C14H19BN2O2/c1-6-10-17-11-9-16-12(17)7-8-15-18-13(2,3)14(4,5)19-15/h1,7-9,11H,10H2,2-5H3/b8-7+. The second-order valence-corrected chi connectivity index (χ2v) is 5.60. The van der Waals surface area contributed by atoms with Gasteiger partial charge in [0.15, 0.2) is 0 Å². The number of nitrogens with zero attached hydrogens (tertiary/aromatic N) is 2. The fourth-order valence-corrected chi connectivity index (χ4v) is 1.84. The second-order valence-electron chi connectivity index (χ2n) is 5.60. The highest BCUT2D eigenvalue weighted by molar-refractivity contribution is 6.52. The van der Waals surface area contributed by atoms with Crippen molar-refractivity contribution in [1.82, 2.24) is 9.55 Å². The van der Waals surface area contributed by atoms with E-state index in [0.717, 1.165) is 5.82 Å². The SMILES string of the molecule is C#CCn1ccnc1/C=C/B1OC(C)(C)C(C)(C)O1. The van der Waals surface area contributed by atoms with Crippen molar-refractivity contribution in [2.75, 3.05) is 0 Å². The van der Waals surface area contributed by atoms with E-state index >= 15 is 0 Å². The van der Waals surface area contributed by atoms with Gasteiger partial charge in [0.25, 0.3) is 0 Å². The van der Waals surface area contributed by atoms with Gasteiger partial charge in [0.1, 0.15) is 5.82 Å². The van der Waals surface area contributed by atoms with E-state index in [1.54, 1.807) is 6.20 Å². The van der Waals surface area contributed by atoms with Crippen molar-refractivity contribution in [1.29, 1.82) is 0 Å². The first-order chi connectivity index (χ1) is 8.86. The van der Waals surface area contributed by atoms with Crippen LogP contribution in [0, 0.1) is 12.3 Å². The summed E-state index contributed by atoms with van der Waals surface area (Å²) in [6.45, 7) is 8.61. The fourth-order valence-electron chi connectivity index (χ4n) is 1.84. The molecule has 4 nitrogen and oxygen atoms in total. The molecule has 1 aliphatic rings. The molecule has 1 aromatic heterocycles.